The van der Waals surface area contributed by atoms with Gasteiger partial charge in [0.2, 0.25) is 5.91 Å². The van der Waals surface area contributed by atoms with E-state index in [4.69, 9.17) is 32.7 Å². The molecule has 2 fully saturated rings. The number of phenols is 1. The molecule has 2 heterocycles. The van der Waals surface area contributed by atoms with Gasteiger partial charge in [-0.25, -0.2) is 0 Å². The summed E-state index contributed by atoms with van der Waals surface area (Å²) in [7, 11) is 1.84. The first-order valence-electron chi connectivity index (χ1n) is 13.4. The number of aromatic hydroxyl groups is 1. The SMILES string of the molecule is C=CCN1CC[C@]23c4c5c(OC(C)=O)cc(O)c4O[C@H]2[C@@H](N(C)C(=O)Cc2ccc(Cl)c(Cl)c2)CC[C@H]3[C@H]1C5. The number of nitrogens with zero attached hydrogens (tertiary/aromatic N) is 2. The fourth-order valence-corrected chi connectivity index (χ4v) is 8.14. The predicted octanol–water partition coefficient (Wildman–Crippen LogP) is 4.92. The summed E-state index contributed by atoms with van der Waals surface area (Å²) in [6, 6.07) is 6.80. The summed E-state index contributed by atoms with van der Waals surface area (Å²) in [5, 5.41) is 11.9. The van der Waals surface area contributed by atoms with Crippen LogP contribution in [0.25, 0.3) is 0 Å². The van der Waals surface area contributed by atoms with Gasteiger partial charge in [0.1, 0.15) is 11.9 Å². The number of benzene rings is 2. The van der Waals surface area contributed by atoms with Crippen LogP contribution >= 0.6 is 23.2 Å². The first kappa shape index (κ1) is 26.5. The van der Waals surface area contributed by atoms with Crippen LogP contribution in [0.3, 0.4) is 0 Å². The fraction of sp³-hybridized carbons (Fsp3) is 0.467. The predicted molar refractivity (Wildman–Crippen MR) is 149 cm³/mol. The number of ether oxygens (including phenoxy) is 2. The van der Waals surface area contributed by atoms with Crippen molar-refractivity contribution in [3.8, 4) is 17.2 Å². The average Bonchev–Trinajstić information content (AvgIpc) is 3.23. The van der Waals surface area contributed by atoms with Crippen molar-refractivity contribution in [1.29, 1.82) is 0 Å². The zero-order valence-corrected chi connectivity index (χ0v) is 23.6. The van der Waals surface area contributed by atoms with E-state index in [-0.39, 0.29) is 47.6 Å². The molecule has 0 unspecified atom stereocenters. The Balaban J connectivity index is 1.40. The second-order valence-electron chi connectivity index (χ2n) is 11.2. The number of piperidine rings is 1. The van der Waals surface area contributed by atoms with E-state index in [2.05, 4.69) is 11.5 Å². The zero-order valence-electron chi connectivity index (χ0n) is 22.1. The molecule has 4 aliphatic rings. The number of likely N-dealkylation sites (N-methyl/N-ethyl adjacent to an activating group) is 1. The summed E-state index contributed by atoms with van der Waals surface area (Å²) < 4.78 is 12.3. The number of likely N-dealkylation sites (tertiary alicyclic amines) is 1. The molecule has 1 spiro atoms. The van der Waals surface area contributed by atoms with Gasteiger partial charge < -0.3 is 19.5 Å². The van der Waals surface area contributed by atoms with Crippen molar-refractivity contribution in [3.05, 3.63) is 63.7 Å². The lowest BCUT2D eigenvalue weighted by Crippen LogP contribution is -2.69. The van der Waals surface area contributed by atoms with Crippen LogP contribution in [0.4, 0.5) is 0 Å². The summed E-state index contributed by atoms with van der Waals surface area (Å²) in [5.74, 6) is 0.674. The maximum absolute atomic E-state index is 13.6. The smallest absolute Gasteiger partial charge is 0.308 e. The van der Waals surface area contributed by atoms with E-state index in [0.29, 0.717) is 28.0 Å². The summed E-state index contributed by atoms with van der Waals surface area (Å²) in [6.07, 6.45) is 5.05. The number of carbonyl (C=O) groups excluding carboxylic acids is 2. The van der Waals surface area contributed by atoms with Gasteiger partial charge in [-0.15, -0.1) is 6.58 Å². The molecular formula is C30H32Cl2N2O5. The number of rotatable bonds is 6. The molecule has 1 amide bonds. The molecule has 0 aromatic heterocycles. The largest absolute Gasteiger partial charge is 0.504 e. The lowest BCUT2D eigenvalue weighted by Gasteiger charge is -2.60. The third-order valence-electron chi connectivity index (χ3n) is 9.34. The number of esters is 1. The van der Waals surface area contributed by atoms with Crippen molar-refractivity contribution < 1.29 is 24.2 Å². The van der Waals surface area contributed by atoms with E-state index in [9.17, 15) is 14.7 Å². The van der Waals surface area contributed by atoms with E-state index in [1.165, 1.54) is 13.0 Å². The van der Waals surface area contributed by atoms with Crippen molar-refractivity contribution in [2.24, 2.45) is 5.92 Å². The molecule has 2 bridgehead atoms. The number of halogens is 2. The fourth-order valence-electron chi connectivity index (χ4n) is 7.82. The molecular weight excluding hydrogens is 539 g/mol. The first-order chi connectivity index (χ1) is 18.6. The molecule has 1 N–H and O–H groups in total. The minimum absolute atomic E-state index is 0.0250. The molecule has 5 atom stereocenters. The molecule has 1 saturated carbocycles. The molecule has 6 rings (SSSR count). The van der Waals surface area contributed by atoms with Gasteiger partial charge >= 0.3 is 5.97 Å². The van der Waals surface area contributed by atoms with Gasteiger partial charge in [0, 0.05) is 49.2 Å². The minimum atomic E-state index is -0.428. The van der Waals surface area contributed by atoms with Gasteiger partial charge in [0.15, 0.2) is 11.5 Å². The standard InChI is InChI=1S/C30H32Cl2N2O5/c1-4-10-34-11-9-30-19-6-8-22(33(3)26(37)13-17-5-7-20(31)21(32)12-17)29(30)39-28-24(36)15-25(38-16(2)35)18(27(28)30)14-23(19)34/h4-5,7,12,15,19,22-23,29,36H,1,6,8-11,13-14H2,2-3H3/t19-,22-,23+,29-,30-/m0/s1. The molecule has 2 aromatic carbocycles. The maximum atomic E-state index is 13.6. The molecule has 2 aromatic rings. The summed E-state index contributed by atoms with van der Waals surface area (Å²) in [6.45, 7) is 6.98. The van der Waals surface area contributed by atoms with Crippen LogP contribution in [0.1, 0.15) is 42.9 Å². The van der Waals surface area contributed by atoms with Gasteiger partial charge in [-0.1, -0.05) is 35.3 Å². The Hall–Kier alpha value is -2.74. The van der Waals surface area contributed by atoms with E-state index in [1.807, 2.05) is 24.1 Å². The third-order valence-corrected chi connectivity index (χ3v) is 10.1. The van der Waals surface area contributed by atoms with Gasteiger partial charge in [-0.05, 0) is 55.8 Å². The summed E-state index contributed by atoms with van der Waals surface area (Å²) >= 11 is 12.3. The Kier molecular flexibility index (Phi) is 6.60. The first-order valence-corrected chi connectivity index (χ1v) is 14.2. The van der Waals surface area contributed by atoms with Crippen LogP contribution < -0.4 is 9.47 Å². The Labute approximate surface area is 238 Å². The van der Waals surface area contributed by atoms with Crippen LogP contribution in [-0.2, 0) is 27.8 Å². The van der Waals surface area contributed by atoms with Crippen molar-refractivity contribution >= 4 is 35.1 Å². The Bertz CT molecular complexity index is 1380. The monoisotopic (exact) mass is 570 g/mol. The number of phenolic OH excluding ortho intramolecular Hbond substituents is 1. The van der Waals surface area contributed by atoms with Crippen molar-refractivity contribution in [2.75, 3.05) is 20.1 Å². The summed E-state index contributed by atoms with van der Waals surface area (Å²) in [4.78, 5) is 29.8. The third kappa shape index (κ3) is 4.04. The van der Waals surface area contributed by atoms with Crippen LogP contribution in [0, 0.1) is 5.92 Å². The second-order valence-corrected chi connectivity index (χ2v) is 12.0. The number of hydrogen-bond acceptors (Lipinski definition) is 6. The van der Waals surface area contributed by atoms with Gasteiger partial charge in [-0.2, -0.15) is 0 Å². The second kappa shape index (κ2) is 9.72. The van der Waals surface area contributed by atoms with Crippen molar-refractivity contribution in [1.82, 2.24) is 9.80 Å². The topological polar surface area (TPSA) is 79.3 Å². The molecule has 1 saturated heterocycles. The highest BCUT2D eigenvalue weighted by molar-refractivity contribution is 6.42. The number of carbonyl (C=O) groups is 2. The van der Waals surface area contributed by atoms with Crippen molar-refractivity contribution in [3.63, 3.8) is 0 Å². The van der Waals surface area contributed by atoms with Crippen molar-refractivity contribution in [2.45, 2.75) is 62.6 Å². The normalized spacial score (nSPS) is 28.3. The number of hydrogen-bond donors (Lipinski definition) is 1. The van der Waals surface area contributed by atoms with Crippen LogP contribution in [-0.4, -0.2) is 65.1 Å². The highest BCUT2D eigenvalue weighted by Gasteiger charge is 2.67. The van der Waals surface area contributed by atoms with Crippen LogP contribution in [0.2, 0.25) is 10.0 Å². The molecule has 9 heteroatoms. The number of amides is 1. The van der Waals surface area contributed by atoms with E-state index < -0.39 is 5.97 Å². The molecule has 39 heavy (non-hydrogen) atoms. The molecule has 7 nitrogen and oxygen atoms in total. The zero-order chi connectivity index (χ0) is 27.6. The van der Waals surface area contributed by atoms with Gasteiger partial charge in [0.05, 0.1) is 22.5 Å². The highest BCUT2D eigenvalue weighted by Crippen LogP contribution is 2.65. The van der Waals surface area contributed by atoms with E-state index in [1.54, 1.807) is 12.1 Å². The Morgan fingerprint density at radius 2 is 2.08 bits per heavy atom. The Morgan fingerprint density at radius 3 is 2.79 bits per heavy atom. The average molecular weight is 572 g/mol. The maximum Gasteiger partial charge on any atom is 0.308 e. The van der Waals surface area contributed by atoms with Gasteiger partial charge in [-0.3, -0.25) is 14.5 Å². The molecule has 2 aliphatic heterocycles. The molecule has 206 valence electrons. The quantitative estimate of drug-likeness (QED) is 0.302. The Morgan fingerprint density at radius 1 is 1.28 bits per heavy atom. The van der Waals surface area contributed by atoms with Crippen LogP contribution in [0.15, 0.2) is 36.9 Å². The van der Waals surface area contributed by atoms with E-state index in [0.717, 1.165) is 49.0 Å². The van der Waals surface area contributed by atoms with Crippen LogP contribution in [0.5, 0.6) is 17.2 Å². The lowest BCUT2D eigenvalue weighted by atomic mass is 9.50. The minimum Gasteiger partial charge on any atom is -0.504 e. The lowest BCUT2D eigenvalue weighted by molar-refractivity contribution is -0.139. The van der Waals surface area contributed by atoms with Gasteiger partial charge in [0.25, 0.3) is 0 Å². The summed E-state index contributed by atoms with van der Waals surface area (Å²) in [5.41, 5.74) is 2.31. The molecule has 0 radical (unpaired) electrons. The van der Waals surface area contributed by atoms with E-state index >= 15 is 0 Å². The highest BCUT2D eigenvalue weighted by atomic mass is 35.5. The molecule has 2 aliphatic carbocycles.